The molecule has 222 valence electrons. The first-order valence-electron chi connectivity index (χ1n) is 12.8. The van der Waals surface area contributed by atoms with Gasteiger partial charge >= 0.3 is 0 Å². The van der Waals surface area contributed by atoms with E-state index in [1.54, 1.807) is 0 Å². The SMILES string of the molecule is O=C1c2c(cc(O)c([C@@H]3c4ccc(O)cc4O[C@H](c4ccc(O)c(O)c4)[C@H]3O)c2O)O[C@H](c2cc(O)c(O)c(O)c2)[C@H]1O. The van der Waals surface area contributed by atoms with Crippen molar-refractivity contribution in [2.24, 2.45) is 0 Å². The molecule has 0 spiro atoms. The fourth-order valence-corrected chi connectivity index (χ4v) is 5.57. The number of rotatable bonds is 3. The second kappa shape index (κ2) is 9.79. The zero-order valence-corrected chi connectivity index (χ0v) is 21.8. The van der Waals surface area contributed by atoms with Crippen molar-refractivity contribution >= 4 is 5.78 Å². The highest BCUT2D eigenvalue weighted by Gasteiger charge is 2.46. The van der Waals surface area contributed by atoms with E-state index in [1.807, 2.05) is 0 Å². The molecule has 13 nitrogen and oxygen atoms in total. The molecule has 2 aliphatic rings. The molecule has 0 unspecified atom stereocenters. The number of aliphatic hydroxyl groups is 2. The maximum absolute atomic E-state index is 13.4. The highest BCUT2D eigenvalue weighted by atomic mass is 16.5. The van der Waals surface area contributed by atoms with Crippen LogP contribution in [0.15, 0.2) is 54.6 Å². The molecular weight excluding hydrogens is 568 g/mol. The Kier molecular flexibility index (Phi) is 6.29. The van der Waals surface area contributed by atoms with Crippen molar-refractivity contribution < 1.29 is 65.3 Å². The molecule has 10 N–H and O–H groups in total. The van der Waals surface area contributed by atoms with Crippen molar-refractivity contribution in [2.75, 3.05) is 0 Å². The van der Waals surface area contributed by atoms with E-state index in [9.17, 15) is 55.9 Å². The number of carbonyl (C=O) groups is 1. The number of fused-ring (bicyclic) bond motifs is 2. The number of benzene rings is 4. The van der Waals surface area contributed by atoms with E-state index in [2.05, 4.69) is 0 Å². The average Bonchev–Trinajstić information content (AvgIpc) is 2.95. The lowest BCUT2D eigenvalue weighted by molar-refractivity contribution is 0.00688. The summed E-state index contributed by atoms with van der Waals surface area (Å²) in [7, 11) is 0. The van der Waals surface area contributed by atoms with Gasteiger partial charge in [-0.25, -0.2) is 0 Å². The molecule has 0 bridgehead atoms. The van der Waals surface area contributed by atoms with Gasteiger partial charge in [0.15, 0.2) is 47.1 Å². The monoisotopic (exact) mass is 592 g/mol. The zero-order valence-electron chi connectivity index (χ0n) is 21.8. The second-order valence-corrected chi connectivity index (χ2v) is 10.3. The lowest BCUT2D eigenvalue weighted by Crippen LogP contribution is -2.37. The summed E-state index contributed by atoms with van der Waals surface area (Å²) in [5, 5.41) is 104. The number of ether oxygens (including phenoxy) is 2. The number of Topliss-reactive ketones (excluding diaryl/α,β-unsaturated/α-hetero) is 1. The van der Waals surface area contributed by atoms with Crippen molar-refractivity contribution in [1.82, 2.24) is 0 Å². The van der Waals surface area contributed by atoms with Gasteiger partial charge in [-0.2, -0.15) is 0 Å². The summed E-state index contributed by atoms with van der Waals surface area (Å²) >= 11 is 0. The minimum atomic E-state index is -1.98. The molecule has 5 atom stereocenters. The van der Waals surface area contributed by atoms with E-state index in [1.165, 1.54) is 30.3 Å². The summed E-state index contributed by atoms with van der Waals surface area (Å²) in [4.78, 5) is 13.4. The van der Waals surface area contributed by atoms with E-state index in [0.717, 1.165) is 24.3 Å². The normalized spacial score (nSPS) is 22.7. The quantitative estimate of drug-likeness (QED) is 0.154. The molecule has 0 saturated heterocycles. The fourth-order valence-electron chi connectivity index (χ4n) is 5.57. The van der Waals surface area contributed by atoms with E-state index in [0.29, 0.717) is 0 Å². The summed E-state index contributed by atoms with van der Waals surface area (Å²) < 4.78 is 11.6. The van der Waals surface area contributed by atoms with Crippen molar-refractivity contribution in [3.63, 3.8) is 0 Å². The van der Waals surface area contributed by atoms with Gasteiger partial charge in [0.05, 0.1) is 0 Å². The van der Waals surface area contributed by atoms with Gasteiger partial charge in [0.25, 0.3) is 0 Å². The Morgan fingerprint density at radius 1 is 0.581 bits per heavy atom. The number of carbonyl (C=O) groups excluding carboxylic acids is 1. The molecular formula is C30H24O13. The van der Waals surface area contributed by atoms with Crippen LogP contribution in [0.4, 0.5) is 0 Å². The highest BCUT2D eigenvalue weighted by Crippen LogP contribution is 2.54. The summed E-state index contributed by atoms with van der Waals surface area (Å²) in [5.74, 6) is -7.60. The molecule has 0 radical (unpaired) electrons. The number of phenolic OH excluding ortho intramolecular Hbond substituents is 8. The number of phenols is 8. The molecule has 0 amide bonds. The molecule has 4 aromatic carbocycles. The largest absolute Gasteiger partial charge is 0.508 e. The number of aromatic hydroxyl groups is 8. The summed E-state index contributed by atoms with van der Waals surface area (Å²) in [6.07, 6.45) is -6.35. The van der Waals surface area contributed by atoms with Gasteiger partial charge in [0.1, 0.15) is 40.4 Å². The average molecular weight is 593 g/mol. The van der Waals surface area contributed by atoms with E-state index >= 15 is 0 Å². The van der Waals surface area contributed by atoms with Crippen LogP contribution >= 0.6 is 0 Å². The van der Waals surface area contributed by atoms with E-state index in [-0.39, 0.29) is 39.5 Å². The topological polar surface area (TPSA) is 238 Å². The van der Waals surface area contributed by atoms with Crippen LogP contribution < -0.4 is 9.47 Å². The standard InChI is InChI=1S/C30H24O13/c31-12-2-3-13-19(8-12)42-29(10-1-4-14(32)15(33)5-10)27(40)21(13)22-16(34)9-20-23(25(22)38)26(39)28(41)30(43-20)11-6-17(35)24(37)18(36)7-11/h1-9,21,27-38,40-41H/t21-,27-,28-,29+,30+/m0/s1. The Labute approximate surface area is 241 Å². The van der Waals surface area contributed by atoms with Gasteiger partial charge in [0, 0.05) is 34.7 Å². The van der Waals surface area contributed by atoms with Crippen LogP contribution in [0, 0.1) is 0 Å². The van der Waals surface area contributed by atoms with Crippen LogP contribution in [0.2, 0.25) is 0 Å². The third kappa shape index (κ3) is 4.29. The molecule has 4 aromatic rings. The lowest BCUT2D eigenvalue weighted by Gasteiger charge is -2.38. The third-order valence-corrected chi connectivity index (χ3v) is 7.64. The smallest absolute Gasteiger partial charge is 0.202 e. The predicted octanol–water partition coefficient (Wildman–Crippen LogP) is 2.64. The van der Waals surface area contributed by atoms with E-state index < -0.39 is 81.9 Å². The summed E-state index contributed by atoms with van der Waals surface area (Å²) in [6.45, 7) is 0. The van der Waals surface area contributed by atoms with Gasteiger partial charge in [-0.05, 0) is 35.9 Å². The minimum Gasteiger partial charge on any atom is -0.508 e. The molecule has 0 fully saturated rings. The zero-order chi connectivity index (χ0) is 30.9. The molecule has 0 saturated carbocycles. The van der Waals surface area contributed by atoms with Crippen LogP contribution in [-0.4, -0.2) is 69.1 Å². The second-order valence-electron chi connectivity index (χ2n) is 10.3. The van der Waals surface area contributed by atoms with Gasteiger partial charge in [-0.15, -0.1) is 0 Å². The number of aliphatic hydroxyl groups excluding tert-OH is 2. The first-order chi connectivity index (χ1) is 20.4. The van der Waals surface area contributed by atoms with Gasteiger partial charge < -0.3 is 60.5 Å². The van der Waals surface area contributed by atoms with Gasteiger partial charge in [-0.1, -0.05) is 12.1 Å². The van der Waals surface area contributed by atoms with Crippen LogP contribution in [-0.2, 0) is 0 Å². The molecule has 2 aliphatic heterocycles. The molecule has 2 heterocycles. The van der Waals surface area contributed by atoms with Crippen molar-refractivity contribution in [1.29, 1.82) is 0 Å². The highest BCUT2D eigenvalue weighted by molar-refractivity contribution is 6.06. The maximum Gasteiger partial charge on any atom is 0.202 e. The summed E-state index contributed by atoms with van der Waals surface area (Å²) in [6, 6.07) is 10.5. The van der Waals surface area contributed by atoms with E-state index in [4.69, 9.17) is 9.47 Å². The van der Waals surface area contributed by atoms with Crippen molar-refractivity contribution in [3.8, 4) is 57.5 Å². The Balaban J connectivity index is 1.48. The Morgan fingerprint density at radius 2 is 1.23 bits per heavy atom. The van der Waals surface area contributed by atoms with Crippen molar-refractivity contribution in [3.05, 3.63) is 82.4 Å². The molecule has 13 heteroatoms. The third-order valence-electron chi connectivity index (χ3n) is 7.64. The van der Waals surface area contributed by atoms with Crippen LogP contribution in [0.5, 0.6) is 57.5 Å². The van der Waals surface area contributed by atoms with Crippen LogP contribution in [0.3, 0.4) is 0 Å². The number of hydrogen-bond acceptors (Lipinski definition) is 13. The minimum absolute atomic E-state index is 0.0407. The number of hydrogen-bond donors (Lipinski definition) is 10. The molecule has 0 aromatic heterocycles. The molecule has 43 heavy (non-hydrogen) atoms. The van der Waals surface area contributed by atoms with Gasteiger partial charge in [0.2, 0.25) is 5.78 Å². The van der Waals surface area contributed by atoms with Crippen LogP contribution in [0.1, 0.15) is 50.7 Å². The van der Waals surface area contributed by atoms with Gasteiger partial charge in [-0.3, -0.25) is 4.79 Å². The van der Waals surface area contributed by atoms with Crippen LogP contribution in [0.25, 0.3) is 0 Å². The number of ketones is 1. The lowest BCUT2D eigenvalue weighted by atomic mass is 9.78. The first-order valence-corrected chi connectivity index (χ1v) is 12.8. The summed E-state index contributed by atoms with van der Waals surface area (Å²) in [5.41, 5.74) is -0.570. The maximum atomic E-state index is 13.4. The Bertz CT molecular complexity index is 1780. The molecule has 0 aliphatic carbocycles. The Morgan fingerprint density at radius 3 is 1.91 bits per heavy atom. The predicted molar refractivity (Wildman–Crippen MR) is 144 cm³/mol. The fraction of sp³-hybridized carbons (Fsp3) is 0.167. The Hall–Kier alpha value is -5.53. The first kappa shape index (κ1) is 27.6. The molecule has 6 rings (SSSR count). The van der Waals surface area contributed by atoms with Crippen molar-refractivity contribution in [2.45, 2.75) is 30.3 Å².